The van der Waals surface area contributed by atoms with E-state index in [1.165, 1.54) is 12.4 Å². The van der Waals surface area contributed by atoms with Gasteiger partial charge in [0, 0.05) is 24.7 Å². The molecule has 1 amide bonds. The Labute approximate surface area is 318 Å². The predicted octanol–water partition coefficient (Wildman–Crippen LogP) is 7.73. The highest BCUT2D eigenvalue weighted by Crippen LogP contribution is 2.38. The van der Waals surface area contributed by atoms with Crippen molar-refractivity contribution >= 4 is 41.0 Å². The molecule has 4 fully saturated rings. The number of piperidine rings is 3. The Balaban J connectivity index is 1.10. The zero-order chi connectivity index (χ0) is 36.9. The van der Waals surface area contributed by atoms with E-state index in [2.05, 4.69) is 9.88 Å². The maximum atomic E-state index is 13.8. The van der Waals surface area contributed by atoms with Crippen LogP contribution in [0.3, 0.4) is 0 Å². The number of anilines is 1. The van der Waals surface area contributed by atoms with Gasteiger partial charge in [0.05, 0.1) is 37.2 Å². The zero-order valence-corrected chi connectivity index (χ0v) is 31.0. The molecule has 11 nitrogen and oxygen atoms in total. The number of halogens is 2. The first kappa shape index (κ1) is 36.8. The number of hydrogen-bond donors (Lipinski definition) is 0. The van der Waals surface area contributed by atoms with E-state index in [0.29, 0.717) is 44.5 Å². The van der Waals surface area contributed by atoms with E-state index in [0.717, 1.165) is 63.7 Å². The lowest BCUT2D eigenvalue weighted by molar-refractivity contribution is -0.605. The van der Waals surface area contributed by atoms with Gasteiger partial charge in [0.1, 0.15) is 22.3 Å². The monoisotopic (exact) mass is 760 g/mol. The molecule has 0 unspecified atom stereocenters. The van der Waals surface area contributed by atoms with Crippen molar-refractivity contribution in [2.75, 3.05) is 31.6 Å². The minimum absolute atomic E-state index is 0.0699. The molecule has 8 rings (SSSR count). The van der Waals surface area contributed by atoms with Crippen molar-refractivity contribution in [3.8, 4) is 11.5 Å². The minimum atomic E-state index is -0.848. The van der Waals surface area contributed by atoms with Crippen molar-refractivity contribution in [2.45, 2.75) is 69.8 Å². The second-order valence-electron chi connectivity index (χ2n) is 13.9. The van der Waals surface area contributed by atoms with Crippen molar-refractivity contribution < 1.29 is 33.3 Å². The number of amides is 1. The molecule has 2 atom stereocenters. The number of rotatable bonds is 12. The Morgan fingerprint density at radius 3 is 2.38 bits per heavy atom. The van der Waals surface area contributed by atoms with E-state index < -0.39 is 18.2 Å². The molecule has 0 radical (unpaired) electrons. The van der Waals surface area contributed by atoms with E-state index in [-0.39, 0.29) is 35.2 Å². The van der Waals surface area contributed by atoms with Crippen LogP contribution >= 0.6 is 23.2 Å². The van der Waals surface area contributed by atoms with Crippen molar-refractivity contribution in [3.63, 3.8) is 0 Å². The van der Waals surface area contributed by atoms with E-state index in [1.807, 2.05) is 18.2 Å². The average Bonchev–Trinajstić information content (AvgIpc) is 3.69. The fraction of sp³-hybridized carbons (Fsp3) is 0.400. The second-order valence-corrected chi connectivity index (χ2v) is 14.7. The first-order valence-corrected chi connectivity index (χ1v) is 18.8. The molecule has 0 N–H and O–H groups in total. The molecule has 53 heavy (non-hydrogen) atoms. The largest absolute Gasteiger partial charge is 0.619 e. The molecule has 278 valence electrons. The molecule has 2 aromatic heterocycles. The summed E-state index contributed by atoms with van der Waals surface area (Å²) >= 11 is 13.0. The van der Waals surface area contributed by atoms with Crippen LogP contribution in [0.1, 0.15) is 71.7 Å². The number of carbonyl (C=O) groups excluding carboxylic acids is 2. The normalized spacial score (nSPS) is 20.1. The molecule has 3 saturated heterocycles. The highest BCUT2D eigenvalue weighted by atomic mass is 35.5. The van der Waals surface area contributed by atoms with E-state index in [1.54, 1.807) is 60.8 Å². The van der Waals surface area contributed by atoms with Gasteiger partial charge in [-0.05, 0) is 105 Å². The summed E-state index contributed by atoms with van der Waals surface area (Å²) in [5.41, 5.74) is 2.80. The first-order valence-electron chi connectivity index (χ1n) is 18.1. The van der Waals surface area contributed by atoms with Gasteiger partial charge in [0.25, 0.3) is 0 Å². The number of aromatic nitrogens is 2. The zero-order valence-electron chi connectivity index (χ0n) is 29.5. The van der Waals surface area contributed by atoms with Crippen molar-refractivity contribution in [2.24, 2.45) is 5.92 Å². The van der Waals surface area contributed by atoms with Crippen LogP contribution in [0.5, 0.6) is 11.5 Å². The summed E-state index contributed by atoms with van der Waals surface area (Å²) in [4.78, 5) is 35.6. The lowest BCUT2D eigenvalue weighted by Crippen LogP contribution is -2.53. The molecule has 13 heteroatoms. The highest BCUT2D eigenvalue weighted by molar-refractivity contribution is 6.35. The Kier molecular flexibility index (Phi) is 11.5. The Bertz CT molecular complexity index is 1880. The number of pyridine rings is 2. The number of benzene rings is 2. The van der Waals surface area contributed by atoms with Gasteiger partial charge in [-0.25, -0.2) is 9.59 Å². The van der Waals surface area contributed by atoms with Gasteiger partial charge in [-0.2, -0.15) is 4.73 Å². The molecular weight excluding hydrogens is 719 g/mol. The smallest absolute Gasteiger partial charge is 0.414 e. The number of hydrogen-bond acceptors (Lipinski definition) is 9. The summed E-state index contributed by atoms with van der Waals surface area (Å²) < 4.78 is 24.7. The molecule has 1 aliphatic carbocycles. The second kappa shape index (κ2) is 16.6. The number of ether oxygens (including phenoxy) is 4. The van der Waals surface area contributed by atoms with Gasteiger partial charge in [0.15, 0.2) is 23.9 Å². The van der Waals surface area contributed by atoms with Crippen LogP contribution in [-0.2, 0) is 22.4 Å². The standard InChI is InChI=1S/C40H42Cl2N4O7/c1-50-35-13-12-29(19-37(35)51-31-6-2-3-7-31)36(20-32-33(41)23-45(49)24-34(32)42)52-39(47)28-10-8-26(9-11-28)22-46(30-5-4-16-43-21-30)40(48)53-38-25-44-17-14-27(38)15-18-44/h4-5,8-13,16,19,21,23-24,27,31,36,38H,2-3,6-7,14-15,17-18,20,22,25H2,1H3/t36-,38+/m1/s1. The maximum absolute atomic E-state index is 13.8. The summed E-state index contributed by atoms with van der Waals surface area (Å²) in [6.07, 6.45) is 10.6. The Hall–Kier alpha value is -4.58. The topological polar surface area (TPSA) is 117 Å². The molecule has 2 aromatic carbocycles. The van der Waals surface area contributed by atoms with Crippen LogP contribution in [0.25, 0.3) is 0 Å². The SMILES string of the molecule is COc1ccc([C@@H](Cc2c(Cl)c[n+]([O-])cc2Cl)OC(=O)c2ccc(CN(C(=O)O[C@H]3CN4CCC3CC4)c3cccnc3)cc2)cc1OC1CCCC1. The number of nitrogens with zero attached hydrogens (tertiary/aromatic N) is 4. The molecular formula is C40H42Cl2N4O7. The van der Waals surface area contributed by atoms with Crippen molar-refractivity contribution in [1.29, 1.82) is 0 Å². The summed E-state index contributed by atoms with van der Waals surface area (Å²) in [5, 5.41) is 12.3. The molecule has 3 aliphatic heterocycles. The molecule has 2 bridgehead atoms. The summed E-state index contributed by atoms with van der Waals surface area (Å²) in [6, 6.07) is 15.9. The van der Waals surface area contributed by atoms with Gasteiger partial charge in [-0.1, -0.05) is 41.4 Å². The van der Waals surface area contributed by atoms with Crippen LogP contribution in [0.2, 0.25) is 10.0 Å². The third-order valence-corrected chi connectivity index (χ3v) is 11.1. The van der Waals surface area contributed by atoms with Crippen LogP contribution in [0.15, 0.2) is 79.4 Å². The Morgan fingerprint density at radius 1 is 1.00 bits per heavy atom. The number of esters is 1. The van der Waals surface area contributed by atoms with E-state index in [9.17, 15) is 14.8 Å². The van der Waals surface area contributed by atoms with Crippen molar-refractivity contribution in [1.82, 2.24) is 9.88 Å². The van der Waals surface area contributed by atoms with Crippen LogP contribution < -0.4 is 19.1 Å². The van der Waals surface area contributed by atoms with Crippen LogP contribution in [0.4, 0.5) is 10.5 Å². The lowest BCUT2D eigenvalue weighted by Gasteiger charge is -2.44. The third kappa shape index (κ3) is 8.80. The van der Waals surface area contributed by atoms with Crippen molar-refractivity contribution in [3.05, 3.63) is 117 Å². The minimum Gasteiger partial charge on any atom is -0.619 e. The molecule has 4 aromatic rings. The number of fused-ring (bicyclic) bond motifs is 3. The van der Waals surface area contributed by atoms with Crippen LogP contribution in [0, 0.1) is 11.1 Å². The van der Waals surface area contributed by atoms with Gasteiger partial charge >= 0.3 is 12.1 Å². The van der Waals surface area contributed by atoms with E-state index in [4.69, 9.17) is 42.1 Å². The summed E-state index contributed by atoms with van der Waals surface area (Å²) in [7, 11) is 1.58. The van der Waals surface area contributed by atoms with Gasteiger partial charge < -0.3 is 24.2 Å². The quantitative estimate of drug-likeness (QED) is 0.0813. The van der Waals surface area contributed by atoms with Gasteiger partial charge in [-0.3, -0.25) is 14.8 Å². The maximum Gasteiger partial charge on any atom is 0.414 e. The Morgan fingerprint density at radius 2 is 1.74 bits per heavy atom. The summed E-state index contributed by atoms with van der Waals surface area (Å²) in [5.74, 6) is 0.909. The molecule has 0 spiro atoms. The fourth-order valence-electron chi connectivity index (χ4n) is 7.45. The fourth-order valence-corrected chi connectivity index (χ4v) is 8.05. The van der Waals surface area contributed by atoms with Gasteiger partial charge in [-0.15, -0.1) is 0 Å². The van der Waals surface area contributed by atoms with Crippen LogP contribution in [-0.4, -0.2) is 60.9 Å². The van der Waals surface area contributed by atoms with Gasteiger partial charge in [0.2, 0.25) is 0 Å². The number of carbonyl (C=O) groups is 2. The predicted molar refractivity (Wildman–Crippen MR) is 199 cm³/mol. The highest BCUT2D eigenvalue weighted by Gasteiger charge is 2.37. The summed E-state index contributed by atoms with van der Waals surface area (Å²) in [6.45, 7) is 3.06. The molecule has 5 heterocycles. The first-order chi connectivity index (χ1) is 25.7. The average molecular weight is 762 g/mol. The third-order valence-electron chi connectivity index (χ3n) is 10.4. The lowest BCUT2D eigenvalue weighted by atomic mass is 9.86. The number of methoxy groups -OCH3 is 1. The molecule has 4 aliphatic rings. The molecule has 1 saturated carbocycles. The van der Waals surface area contributed by atoms with E-state index >= 15 is 0 Å².